The number of aryl methyl sites for hydroxylation is 1. The number of rotatable bonds is 6. The molecular formula is C21H26N2O2. The molecule has 1 saturated heterocycles. The van der Waals surface area contributed by atoms with Gasteiger partial charge in [-0.2, -0.15) is 0 Å². The molecule has 1 heterocycles. The minimum absolute atomic E-state index is 0.0370. The minimum Gasteiger partial charge on any atom is -0.484 e. The fourth-order valence-corrected chi connectivity index (χ4v) is 3.08. The van der Waals surface area contributed by atoms with Crippen molar-refractivity contribution in [2.24, 2.45) is 0 Å². The number of nitrogens with one attached hydrogen (secondary N) is 1. The van der Waals surface area contributed by atoms with E-state index in [0.29, 0.717) is 6.54 Å². The lowest BCUT2D eigenvalue weighted by Gasteiger charge is -2.28. The van der Waals surface area contributed by atoms with Crippen LogP contribution in [0.3, 0.4) is 0 Å². The van der Waals surface area contributed by atoms with Crippen LogP contribution in [-0.4, -0.2) is 25.6 Å². The molecule has 0 bridgehead atoms. The number of nitrogens with zero attached hydrogens (tertiary/aromatic N) is 1. The molecule has 0 radical (unpaired) electrons. The molecule has 0 spiro atoms. The number of carbonyl (C=O) groups excluding carboxylic acids is 1. The predicted molar refractivity (Wildman–Crippen MR) is 101 cm³/mol. The van der Waals surface area contributed by atoms with Gasteiger partial charge in [-0.3, -0.25) is 4.79 Å². The smallest absolute Gasteiger partial charge is 0.258 e. The summed E-state index contributed by atoms with van der Waals surface area (Å²) in [6, 6.07) is 16.2. The van der Waals surface area contributed by atoms with Crippen molar-refractivity contribution in [3.05, 3.63) is 59.7 Å². The van der Waals surface area contributed by atoms with E-state index in [0.717, 1.165) is 30.0 Å². The first-order valence-electron chi connectivity index (χ1n) is 9.01. The first-order chi connectivity index (χ1) is 12.2. The molecule has 2 aromatic carbocycles. The summed E-state index contributed by atoms with van der Waals surface area (Å²) in [6.07, 6.45) is 3.89. The van der Waals surface area contributed by atoms with E-state index in [-0.39, 0.29) is 12.5 Å². The third kappa shape index (κ3) is 5.24. The number of amides is 1. The van der Waals surface area contributed by atoms with Gasteiger partial charge in [0.05, 0.1) is 0 Å². The lowest BCUT2D eigenvalue weighted by Crippen LogP contribution is -2.29. The molecule has 1 aliphatic rings. The maximum Gasteiger partial charge on any atom is 0.258 e. The topological polar surface area (TPSA) is 41.6 Å². The zero-order chi connectivity index (χ0) is 17.5. The van der Waals surface area contributed by atoms with Crippen molar-refractivity contribution in [2.45, 2.75) is 32.7 Å². The monoisotopic (exact) mass is 338 g/mol. The minimum atomic E-state index is -0.110. The molecule has 25 heavy (non-hydrogen) atoms. The number of anilines is 1. The maximum atomic E-state index is 11.9. The summed E-state index contributed by atoms with van der Waals surface area (Å²) >= 11 is 0. The van der Waals surface area contributed by atoms with Crippen LogP contribution in [0.4, 0.5) is 5.69 Å². The van der Waals surface area contributed by atoms with Crippen LogP contribution >= 0.6 is 0 Å². The van der Waals surface area contributed by atoms with Crippen LogP contribution < -0.4 is 15.0 Å². The molecule has 2 aromatic rings. The van der Waals surface area contributed by atoms with E-state index in [2.05, 4.69) is 34.5 Å². The van der Waals surface area contributed by atoms with Gasteiger partial charge in [0, 0.05) is 25.3 Å². The molecule has 4 heteroatoms. The summed E-state index contributed by atoms with van der Waals surface area (Å²) in [5.74, 6) is 0.614. The van der Waals surface area contributed by atoms with Gasteiger partial charge in [-0.25, -0.2) is 0 Å². The van der Waals surface area contributed by atoms with Crippen molar-refractivity contribution in [1.29, 1.82) is 0 Å². The Hall–Kier alpha value is -2.49. The van der Waals surface area contributed by atoms with E-state index in [1.54, 1.807) is 0 Å². The number of hydrogen-bond donors (Lipinski definition) is 1. The molecule has 3 rings (SSSR count). The molecular weight excluding hydrogens is 312 g/mol. The lowest BCUT2D eigenvalue weighted by molar-refractivity contribution is -0.123. The molecule has 0 atom stereocenters. The van der Waals surface area contributed by atoms with E-state index < -0.39 is 0 Å². The Morgan fingerprint density at radius 2 is 1.84 bits per heavy atom. The molecule has 1 amide bonds. The highest BCUT2D eigenvalue weighted by Crippen LogP contribution is 2.20. The molecule has 132 valence electrons. The van der Waals surface area contributed by atoms with Crippen LogP contribution in [0.15, 0.2) is 48.5 Å². The van der Waals surface area contributed by atoms with Crippen LogP contribution in [0.1, 0.15) is 30.4 Å². The van der Waals surface area contributed by atoms with Crippen molar-refractivity contribution < 1.29 is 9.53 Å². The van der Waals surface area contributed by atoms with Gasteiger partial charge >= 0.3 is 0 Å². The second-order valence-corrected chi connectivity index (χ2v) is 6.60. The molecule has 0 aliphatic carbocycles. The van der Waals surface area contributed by atoms with Crippen LogP contribution in [0.2, 0.25) is 0 Å². The Bertz CT molecular complexity index is 691. The number of carbonyl (C=O) groups is 1. The van der Waals surface area contributed by atoms with E-state index in [9.17, 15) is 4.79 Å². The summed E-state index contributed by atoms with van der Waals surface area (Å²) in [6.45, 7) is 4.85. The molecule has 0 saturated carbocycles. The normalized spacial score (nSPS) is 14.2. The van der Waals surface area contributed by atoms with Crippen molar-refractivity contribution >= 4 is 11.6 Å². The zero-order valence-corrected chi connectivity index (χ0v) is 14.8. The third-order valence-corrected chi connectivity index (χ3v) is 4.51. The van der Waals surface area contributed by atoms with E-state index in [4.69, 9.17) is 4.74 Å². The predicted octanol–water partition coefficient (Wildman–Crippen LogP) is 3.68. The van der Waals surface area contributed by atoms with Crippen LogP contribution in [-0.2, 0) is 11.3 Å². The van der Waals surface area contributed by atoms with Gasteiger partial charge in [0.1, 0.15) is 5.75 Å². The van der Waals surface area contributed by atoms with E-state index in [1.807, 2.05) is 31.2 Å². The van der Waals surface area contributed by atoms with Crippen LogP contribution in [0, 0.1) is 6.92 Å². The fraction of sp³-hybridized carbons (Fsp3) is 0.381. The number of piperidine rings is 1. The highest BCUT2D eigenvalue weighted by Gasteiger charge is 2.10. The van der Waals surface area contributed by atoms with Crippen molar-refractivity contribution in [3.63, 3.8) is 0 Å². The van der Waals surface area contributed by atoms with Crippen molar-refractivity contribution in [2.75, 3.05) is 24.6 Å². The maximum absolute atomic E-state index is 11.9. The number of benzene rings is 2. The second-order valence-electron chi connectivity index (χ2n) is 6.60. The Morgan fingerprint density at radius 3 is 2.56 bits per heavy atom. The van der Waals surface area contributed by atoms with Gasteiger partial charge in [0.15, 0.2) is 6.61 Å². The van der Waals surface area contributed by atoms with Crippen LogP contribution in [0.5, 0.6) is 5.75 Å². The van der Waals surface area contributed by atoms with Crippen LogP contribution in [0.25, 0.3) is 0 Å². The first-order valence-corrected chi connectivity index (χ1v) is 9.01. The first kappa shape index (κ1) is 17.3. The van der Waals surface area contributed by atoms with Gasteiger partial charge in [-0.05, 0) is 61.6 Å². The van der Waals surface area contributed by atoms with Gasteiger partial charge in [0.25, 0.3) is 5.91 Å². The highest BCUT2D eigenvalue weighted by atomic mass is 16.5. The number of ether oxygens (including phenoxy) is 1. The van der Waals surface area contributed by atoms with Crippen molar-refractivity contribution in [3.8, 4) is 5.75 Å². The molecule has 1 N–H and O–H groups in total. The molecule has 0 unspecified atom stereocenters. The SMILES string of the molecule is Cc1cccc(OCC(=O)NCc2ccc(N3CCCCC3)cc2)c1. The summed E-state index contributed by atoms with van der Waals surface area (Å²) < 4.78 is 5.52. The Balaban J connectivity index is 1.43. The summed E-state index contributed by atoms with van der Waals surface area (Å²) in [5, 5.41) is 2.91. The largest absolute Gasteiger partial charge is 0.484 e. The zero-order valence-electron chi connectivity index (χ0n) is 14.8. The van der Waals surface area contributed by atoms with E-state index in [1.165, 1.54) is 24.9 Å². The Labute approximate surface area is 149 Å². The summed E-state index contributed by atoms with van der Waals surface area (Å²) in [4.78, 5) is 14.4. The molecule has 1 fully saturated rings. The molecule has 4 nitrogen and oxygen atoms in total. The quantitative estimate of drug-likeness (QED) is 0.873. The highest BCUT2D eigenvalue weighted by molar-refractivity contribution is 5.77. The number of hydrogen-bond acceptors (Lipinski definition) is 3. The van der Waals surface area contributed by atoms with Crippen molar-refractivity contribution in [1.82, 2.24) is 5.32 Å². The van der Waals surface area contributed by atoms with E-state index >= 15 is 0 Å². The van der Waals surface area contributed by atoms with Gasteiger partial charge < -0.3 is 15.0 Å². The molecule has 0 aromatic heterocycles. The summed E-state index contributed by atoms with van der Waals surface area (Å²) in [7, 11) is 0. The fourth-order valence-electron chi connectivity index (χ4n) is 3.08. The Kier molecular flexibility index (Phi) is 5.94. The van der Waals surface area contributed by atoms with Gasteiger partial charge in [-0.1, -0.05) is 24.3 Å². The standard InChI is InChI=1S/C21H26N2O2/c1-17-6-5-7-20(14-17)25-16-21(24)22-15-18-8-10-19(11-9-18)23-12-3-2-4-13-23/h5-11,14H,2-4,12-13,15-16H2,1H3,(H,22,24). The Morgan fingerprint density at radius 1 is 1.08 bits per heavy atom. The summed E-state index contributed by atoms with van der Waals surface area (Å²) in [5.41, 5.74) is 3.49. The second kappa shape index (κ2) is 8.56. The average molecular weight is 338 g/mol. The molecule has 1 aliphatic heterocycles. The van der Waals surface area contributed by atoms with Gasteiger partial charge in [0.2, 0.25) is 0 Å². The third-order valence-electron chi connectivity index (χ3n) is 4.51. The van der Waals surface area contributed by atoms with Gasteiger partial charge in [-0.15, -0.1) is 0 Å². The lowest BCUT2D eigenvalue weighted by atomic mass is 10.1. The average Bonchev–Trinajstić information content (AvgIpc) is 2.66.